The van der Waals surface area contributed by atoms with Crippen LogP contribution in [0.15, 0.2) is 27.3 Å². The lowest BCUT2D eigenvalue weighted by Crippen LogP contribution is -2.49. The van der Waals surface area contributed by atoms with Gasteiger partial charge in [0.1, 0.15) is 42.7 Å². The summed E-state index contributed by atoms with van der Waals surface area (Å²) in [6, 6.07) is -2.49. The third-order valence-electron chi connectivity index (χ3n) is 7.59. The average molecular weight is 717 g/mol. The Labute approximate surface area is 279 Å². The van der Waals surface area contributed by atoms with Crippen molar-refractivity contribution in [2.75, 3.05) is 31.9 Å². The number of aliphatic carboxylic acids is 1. The van der Waals surface area contributed by atoms with E-state index in [1.165, 1.54) is 31.1 Å². The van der Waals surface area contributed by atoms with E-state index in [1.807, 2.05) is 0 Å². The second kappa shape index (κ2) is 16.1. The molecule has 0 aliphatic carbocycles. The second-order valence-electron chi connectivity index (χ2n) is 10.8. The number of fused-ring (bicyclic) bond motifs is 1. The molecule has 2 aliphatic heterocycles. The first-order chi connectivity index (χ1) is 23.3. The summed E-state index contributed by atoms with van der Waals surface area (Å²) in [5, 5.41) is 71.8. The number of amides is 2. The van der Waals surface area contributed by atoms with E-state index < -0.39 is 97.6 Å². The van der Waals surface area contributed by atoms with Gasteiger partial charge in [-0.05, 0) is 13.2 Å². The SMILES string of the molecule is CO[C@@H]1[C@H](O)[C@@H](CO)O[C@H]1c1c[nH]c(=O)[nH]c1=O.CSc1nc(NC(=O)N[C@H](C(=O)O)[C@@H](C)O)c2ncn([C@@H]3O[C@H](CO)[C@@H](O)[C@H]3O)c2n1. The lowest BCUT2D eigenvalue weighted by molar-refractivity contribution is -0.141. The zero-order chi connectivity index (χ0) is 36.2. The van der Waals surface area contributed by atoms with E-state index in [4.69, 9.17) is 24.4 Å². The molecule has 5 heterocycles. The molecular weight excluding hydrogens is 680 g/mol. The molecule has 0 radical (unpaired) electrons. The fraction of sp³-hybridized carbons (Fsp3) is 0.577. The van der Waals surface area contributed by atoms with Crippen LogP contribution in [0.4, 0.5) is 10.6 Å². The van der Waals surface area contributed by atoms with E-state index in [-0.39, 0.29) is 27.7 Å². The van der Waals surface area contributed by atoms with Crippen LogP contribution >= 0.6 is 11.8 Å². The highest BCUT2D eigenvalue weighted by atomic mass is 32.2. The van der Waals surface area contributed by atoms with E-state index in [2.05, 4.69) is 35.6 Å². The van der Waals surface area contributed by atoms with Gasteiger partial charge in [-0.2, -0.15) is 0 Å². The summed E-state index contributed by atoms with van der Waals surface area (Å²) in [6.45, 7) is 0.322. The highest BCUT2D eigenvalue weighted by molar-refractivity contribution is 7.98. The average Bonchev–Trinajstić information content (AvgIpc) is 3.72. The van der Waals surface area contributed by atoms with Crippen LogP contribution in [0.3, 0.4) is 0 Å². The molecule has 2 aliphatic rings. The number of anilines is 1. The van der Waals surface area contributed by atoms with Crippen molar-refractivity contribution in [2.24, 2.45) is 0 Å². The molecule has 3 aromatic heterocycles. The molecule has 0 saturated carbocycles. The van der Waals surface area contributed by atoms with Crippen LogP contribution in [-0.4, -0.2) is 153 Å². The third-order valence-corrected chi connectivity index (χ3v) is 8.13. The highest BCUT2D eigenvalue weighted by Crippen LogP contribution is 2.34. The number of aliphatic hydroxyl groups is 6. The predicted molar refractivity (Wildman–Crippen MR) is 165 cm³/mol. The number of aromatic nitrogens is 6. The Balaban J connectivity index is 0.000000254. The molecule has 49 heavy (non-hydrogen) atoms. The summed E-state index contributed by atoms with van der Waals surface area (Å²) in [4.78, 5) is 63.0. The van der Waals surface area contributed by atoms with Crippen LogP contribution in [0, 0.1) is 0 Å². The maximum Gasteiger partial charge on any atom is 0.328 e. The third kappa shape index (κ3) is 8.07. The summed E-state index contributed by atoms with van der Waals surface area (Å²) < 4.78 is 17.3. The van der Waals surface area contributed by atoms with Gasteiger partial charge in [-0.1, -0.05) is 11.8 Å². The summed E-state index contributed by atoms with van der Waals surface area (Å²) in [6.07, 6.45) is -5.48. The van der Waals surface area contributed by atoms with E-state index >= 15 is 0 Å². The smallest absolute Gasteiger partial charge is 0.328 e. The zero-order valence-corrected chi connectivity index (χ0v) is 26.8. The summed E-state index contributed by atoms with van der Waals surface area (Å²) >= 11 is 1.15. The van der Waals surface area contributed by atoms with E-state index in [1.54, 1.807) is 6.26 Å². The normalized spacial score (nSPS) is 27.7. The van der Waals surface area contributed by atoms with E-state index in [0.717, 1.165) is 11.8 Å². The van der Waals surface area contributed by atoms with Crippen molar-refractivity contribution < 1.29 is 59.5 Å². The van der Waals surface area contributed by atoms with Gasteiger partial charge in [-0.25, -0.2) is 29.3 Å². The van der Waals surface area contributed by atoms with Crippen molar-refractivity contribution in [1.29, 1.82) is 0 Å². The van der Waals surface area contributed by atoms with Gasteiger partial charge in [-0.15, -0.1) is 0 Å². The monoisotopic (exact) mass is 716 g/mol. The fourth-order valence-electron chi connectivity index (χ4n) is 5.08. The van der Waals surface area contributed by atoms with Crippen molar-refractivity contribution in [2.45, 2.75) is 73.2 Å². The first kappa shape index (κ1) is 37.8. The van der Waals surface area contributed by atoms with Crippen molar-refractivity contribution >= 4 is 40.7 Å². The number of carbonyl (C=O) groups is 2. The molecular formula is C26H36N8O14S. The maximum atomic E-state index is 12.3. The predicted octanol–water partition coefficient (Wildman–Crippen LogP) is -4.01. The number of carboxylic acid groups (broad SMARTS) is 1. The Morgan fingerprint density at radius 3 is 2.33 bits per heavy atom. The molecule has 0 spiro atoms. The Morgan fingerprint density at radius 2 is 1.78 bits per heavy atom. The molecule has 5 rings (SSSR count). The molecule has 270 valence electrons. The van der Waals surface area contributed by atoms with Crippen molar-refractivity contribution in [3.63, 3.8) is 0 Å². The van der Waals surface area contributed by atoms with Crippen molar-refractivity contribution in [3.05, 3.63) is 38.9 Å². The maximum absolute atomic E-state index is 12.3. The quantitative estimate of drug-likeness (QED) is 0.0703. The van der Waals surface area contributed by atoms with Crippen molar-refractivity contribution in [1.82, 2.24) is 34.8 Å². The number of urea groups is 1. The number of ether oxygens (including phenoxy) is 3. The van der Waals surface area contributed by atoms with Gasteiger partial charge < -0.3 is 60.3 Å². The van der Waals surface area contributed by atoms with Crippen LogP contribution < -0.4 is 21.9 Å². The molecule has 0 aromatic carbocycles. The van der Waals surface area contributed by atoms with Crippen LogP contribution in [0.25, 0.3) is 11.2 Å². The van der Waals surface area contributed by atoms with Gasteiger partial charge in [0.05, 0.1) is 31.2 Å². The number of carboxylic acids is 1. The zero-order valence-electron chi connectivity index (χ0n) is 26.0. The number of hydrogen-bond acceptors (Lipinski definition) is 17. The Kier molecular flexibility index (Phi) is 12.4. The van der Waals surface area contributed by atoms with E-state index in [9.17, 15) is 44.7 Å². The van der Waals surface area contributed by atoms with E-state index in [0.29, 0.717) is 0 Å². The van der Waals surface area contributed by atoms with Crippen LogP contribution in [0.1, 0.15) is 24.8 Å². The number of methoxy groups -OCH3 is 1. The van der Waals surface area contributed by atoms with Gasteiger partial charge in [0.25, 0.3) is 5.56 Å². The van der Waals surface area contributed by atoms with Crippen LogP contribution in [-0.2, 0) is 19.0 Å². The minimum Gasteiger partial charge on any atom is -0.480 e. The Morgan fingerprint density at radius 1 is 1.10 bits per heavy atom. The first-order valence-corrected chi connectivity index (χ1v) is 15.7. The number of imidazole rings is 1. The molecule has 2 amide bonds. The minimum atomic E-state index is -1.55. The number of nitrogens with one attached hydrogen (secondary N) is 4. The Bertz CT molecular complexity index is 1740. The summed E-state index contributed by atoms with van der Waals surface area (Å²) in [5.41, 5.74) is -0.840. The summed E-state index contributed by atoms with van der Waals surface area (Å²) in [7, 11) is 1.36. The Hall–Kier alpha value is -4.04. The molecule has 2 saturated heterocycles. The molecule has 23 heteroatoms. The molecule has 11 N–H and O–H groups in total. The lowest BCUT2D eigenvalue weighted by atomic mass is 10.0. The number of hydrogen-bond donors (Lipinski definition) is 11. The van der Waals surface area contributed by atoms with Gasteiger partial charge in [0, 0.05) is 13.3 Å². The minimum absolute atomic E-state index is 0.0490. The fourth-order valence-corrected chi connectivity index (χ4v) is 5.44. The molecule has 3 aromatic rings. The van der Waals surface area contributed by atoms with Crippen LogP contribution in [0.2, 0.25) is 0 Å². The number of H-pyrrole nitrogens is 2. The number of aliphatic hydroxyl groups excluding tert-OH is 6. The largest absolute Gasteiger partial charge is 0.480 e. The number of nitrogens with zero attached hydrogens (tertiary/aromatic N) is 4. The number of thioether (sulfide) groups is 1. The lowest BCUT2D eigenvalue weighted by Gasteiger charge is -2.18. The van der Waals surface area contributed by atoms with Gasteiger partial charge in [0.2, 0.25) is 0 Å². The first-order valence-electron chi connectivity index (χ1n) is 14.4. The summed E-state index contributed by atoms with van der Waals surface area (Å²) in [5.74, 6) is -1.47. The van der Waals surface area contributed by atoms with Crippen LogP contribution in [0.5, 0.6) is 0 Å². The topological polar surface area (TPSA) is 337 Å². The second-order valence-corrected chi connectivity index (χ2v) is 11.5. The molecule has 10 atom stereocenters. The van der Waals surface area contributed by atoms with Gasteiger partial charge in [-0.3, -0.25) is 19.7 Å². The highest BCUT2D eigenvalue weighted by Gasteiger charge is 2.46. The molecule has 22 nitrogen and oxygen atoms in total. The van der Waals surface area contributed by atoms with Crippen molar-refractivity contribution in [3.8, 4) is 0 Å². The van der Waals surface area contributed by atoms with Gasteiger partial charge >= 0.3 is 17.7 Å². The number of rotatable bonds is 10. The standard InChI is InChI=1S/C16H22N6O8S.C10H14N2O6/c1-5(24)7(14(27)28)18-15(29)19-11-8-12(21-16(20-11)31-2)22(4-17-8)13-10(26)9(25)6(3-23)30-13;1-17-8-6(14)5(3-13)18-7(8)4-2-11-10(16)12-9(4)15/h4-7,9-10,13,23-26H,3H2,1-2H3,(H,27,28)(H2,18,19,20,21,29);2,5-8,13-14H,3H2,1H3,(H2,11,12,15,16)/t5-,6-,7+,9-,10-,13-;5-,6-,7+,8-/m11/s1. The van der Waals surface area contributed by atoms with Gasteiger partial charge in [0.15, 0.2) is 34.4 Å². The molecule has 0 bridgehead atoms. The molecule has 0 unspecified atom stereocenters. The molecule has 2 fully saturated rings. The number of carbonyl (C=O) groups excluding carboxylic acids is 1. The number of aromatic amines is 2.